The standard InChI is InChI=1S/C25H19Cl2N3O2/c1-15-6-2-3-7-16(15)14-30-22-13-20(27)19(26)12-21(22)28-23(30)10-11-29-24(31)17-8-4-5-9-18(17)25(29)32/h2-9,12-13H,10-11,14H2,1H3. The van der Waals surface area contributed by atoms with Gasteiger partial charge in [0.2, 0.25) is 0 Å². The highest BCUT2D eigenvalue weighted by Crippen LogP contribution is 2.30. The molecular formula is C25H19Cl2N3O2. The van der Waals surface area contributed by atoms with Crippen molar-refractivity contribution >= 4 is 46.0 Å². The van der Waals surface area contributed by atoms with Gasteiger partial charge in [0.1, 0.15) is 5.82 Å². The van der Waals surface area contributed by atoms with Crippen molar-refractivity contribution in [3.8, 4) is 0 Å². The molecule has 1 aliphatic heterocycles. The van der Waals surface area contributed by atoms with E-state index in [4.69, 9.17) is 28.2 Å². The summed E-state index contributed by atoms with van der Waals surface area (Å²) in [6.07, 6.45) is 0.418. The first-order valence-electron chi connectivity index (χ1n) is 10.3. The smallest absolute Gasteiger partial charge is 0.261 e. The first-order valence-corrected chi connectivity index (χ1v) is 11.0. The summed E-state index contributed by atoms with van der Waals surface area (Å²) in [4.78, 5) is 31.6. The van der Waals surface area contributed by atoms with Crippen LogP contribution in [-0.4, -0.2) is 32.8 Å². The van der Waals surface area contributed by atoms with Crippen molar-refractivity contribution in [3.63, 3.8) is 0 Å². The summed E-state index contributed by atoms with van der Waals surface area (Å²) in [7, 11) is 0. The van der Waals surface area contributed by atoms with Gasteiger partial charge in [-0.1, -0.05) is 59.6 Å². The Morgan fingerprint density at radius 2 is 1.50 bits per heavy atom. The van der Waals surface area contributed by atoms with E-state index in [1.165, 1.54) is 10.5 Å². The molecular weight excluding hydrogens is 445 g/mol. The van der Waals surface area contributed by atoms with Crippen LogP contribution in [0.25, 0.3) is 11.0 Å². The predicted molar refractivity (Wildman–Crippen MR) is 126 cm³/mol. The number of aryl methyl sites for hydroxylation is 1. The Hall–Kier alpha value is -3.15. The molecule has 1 aromatic heterocycles. The third kappa shape index (κ3) is 3.48. The van der Waals surface area contributed by atoms with Crippen molar-refractivity contribution in [1.29, 1.82) is 0 Å². The molecule has 0 unspecified atom stereocenters. The van der Waals surface area contributed by atoms with Gasteiger partial charge in [0.15, 0.2) is 0 Å². The van der Waals surface area contributed by atoms with Crippen LogP contribution >= 0.6 is 23.2 Å². The fraction of sp³-hybridized carbons (Fsp3) is 0.160. The van der Waals surface area contributed by atoms with E-state index in [1.54, 1.807) is 30.3 Å². The largest absolute Gasteiger partial charge is 0.323 e. The van der Waals surface area contributed by atoms with Crippen LogP contribution in [0, 0.1) is 6.92 Å². The molecule has 0 N–H and O–H groups in total. The fourth-order valence-corrected chi connectivity index (χ4v) is 4.46. The van der Waals surface area contributed by atoms with Crippen molar-refractivity contribution in [2.24, 2.45) is 0 Å². The lowest BCUT2D eigenvalue weighted by molar-refractivity contribution is 0.0655. The predicted octanol–water partition coefficient (Wildman–Crippen LogP) is 5.54. The van der Waals surface area contributed by atoms with E-state index >= 15 is 0 Å². The number of carbonyl (C=O) groups excluding carboxylic acids is 2. The zero-order valence-electron chi connectivity index (χ0n) is 17.3. The number of hydrogen-bond acceptors (Lipinski definition) is 3. The second-order valence-corrected chi connectivity index (χ2v) is 8.67. The summed E-state index contributed by atoms with van der Waals surface area (Å²) in [6.45, 7) is 2.90. The van der Waals surface area contributed by atoms with Gasteiger partial charge in [0.25, 0.3) is 11.8 Å². The Balaban J connectivity index is 1.50. The Bertz CT molecular complexity index is 1360. The lowest BCUT2D eigenvalue weighted by atomic mass is 10.1. The maximum Gasteiger partial charge on any atom is 0.261 e. The van der Waals surface area contributed by atoms with Crippen molar-refractivity contribution in [2.45, 2.75) is 19.9 Å². The molecule has 5 nitrogen and oxygen atoms in total. The minimum atomic E-state index is -0.266. The minimum absolute atomic E-state index is 0.241. The molecule has 0 bridgehead atoms. The van der Waals surface area contributed by atoms with E-state index < -0.39 is 0 Å². The van der Waals surface area contributed by atoms with Crippen LogP contribution in [0.3, 0.4) is 0 Å². The molecule has 32 heavy (non-hydrogen) atoms. The Kier molecular flexibility index (Phi) is 5.24. The van der Waals surface area contributed by atoms with E-state index in [9.17, 15) is 9.59 Å². The first-order chi connectivity index (χ1) is 15.4. The van der Waals surface area contributed by atoms with Crippen molar-refractivity contribution in [2.75, 3.05) is 6.54 Å². The van der Waals surface area contributed by atoms with Gasteiger partial charge in [-0.05, 0) is 42.3 Å². The maximum atomic E-state index is 12.8. The summed E-state index contributed by atoms with van der Waals surface area (Å²) in [6, 6.07) is 18.6. The molecule has 160 valence electrons. The normalized spacial score (nSPS) is 13.3. The molecule has 4 aromatic rings. The summed E-state index contributed by atoms with van der Waals surface area (Å²) < 4.78 is 2.08. The molecule has 0 saturated heterocycles. The quantitative estimate of drug-likeness (QED) is 0.365. The highest BCUT2D eigenvalue weighted by Gasteiger charge is 2.35. The van der Waals surface area contributed by atoms with Crippen LogP contribution in [-0.2, 0) is 13.0 Å². The maximum absolute atomic E-state index is 12.8. The summed E-state index contributed by atoms with van der Waals surface area (Å²) in [5, 5.41) is 0.892. The number of imide groups is 1. The van der Waals surface area contributed by atoms with Gasteiger partial charge in [0, 0.05) is 19.5 Å². The van der Waals surface area contributed by atoms with Crippen LogP contribution < -0.4 is 0 Å². The number of hydrogen-bond donors (Lipinski definition) is 0. The number of imidazole rings is 1. The molecule has 1 aliphatic rings. The van der Waals surface area contributed by atoms with Gasteiger partial charge in [-0.15, -0.1) is 0 Å². The third-order valence-electron chi connectivity index (χ3n) is 5.90. The van der Waals surface area contributed by atoms with Crippen molar-refractivity contribution < 1.29 is 9.59 Å². The van der Waals surface area contributed by atoms with Gasteiger partial charge in [-0.3, -0.25) is 14.5 Å². The fourth-order valence-electron chi connectivity index (χ4n) is 4.15. The number of aromatic nitrogens is 2. The molecule has 0 saturated carbocycles. The monoisotopic (exact) mass is 463 g/mol. The molecule has 0 radical (unpaired) electrons. The number of carbonyl (C=O) groups is 2. The van der Waals surface area contributed by atoms with Gasteiger partial charge in [0.05, 0.1) is 32.2 Å². The van der Waals surface area contributed by atoms with Crippen LogP contribution in [0.1, 0.15) is 37.7 Å². The average Bonchev–Trinajstić information content (AvgIpc) is 3.23. The molecule has 3 aromatic carbocycles. The van der Waals surface area contributed by atoms with Crippen LogP contribution in [0.15, 0.2) is 60.7 Å². The summed E-state index contributed by atoms with van der Waals surface area (Å²) in [5.74, 6) is 0.231. The van der Waals surface area contributed by atoms with E-state index in [0.29, 0.717) is 34.1 Å². The third-order valence-corrected chi connectivity index (χ3v) is 6.62. The summed E-state index contributed by atoms with van der Waals surface area (Å²) >= 11 is 12.5. The number of nitrogens with zero attached hydrogens (tertiary/aromatic N) is 3. The number of benzene rings is 3. The van der Waals surface area contributed by atoms with Crippen LogP contribution in [0.2, 0.25) is 10.0 Å². The molecule has 2 heterocycles. The van der Waals surface area contributed by atoms with Crippen molar-refractivity contribution in [3.05, 3.63) is 98.8 Å². The van der Waals surface area contributed by atoms with Gasteiger partial charge in [-0.2, -0.15) is 0 Å². The number of rotatable bonds is 5. The molecule has 7 heteroatoms. The highest BCUT2D eigenvalue weighted by atomic mass is 35.5. The Morgan fingerprint density at radius 1 is 0.875 bits per heavy atom. The molecule has 2 amide bonds. The van der Waals surface area contributed by atoms with E-state index in [0.717, 1.165) is 22.4 Å². The topological polar surface area (TPSA) is 55.2 Å². The molecule has 0 atom stereocenters. The van der Waals surface area contributed by atoms with E-state index in [-0.39, 0.29) is 18.4 Å². The number of fused-ring (bicyclic) bond motifs is 2. The zero-order chi connectivity index (χ0) is 22.4. The zero-order valence-corrected chi connectivity index (χ0v) is 18.8. The second kappa shape index (κ2) is 8.08. The highest BCUT2D eigenvalue weighted by molar-refractivity contribution is 6.42. The molecule has 0 fully saturated rings. The number of amides is 2. The average molecular weight is 464 g/mol. The second-order valence-electron chi connectivity index (χ2n) is 7.85. The lowest BCUT2D eigenvalue weighted by Crippen LogP contribution is -2.32. The molecule has 5 rings (SSSR count). The van der Waals surface area contributed by atoms with Crippen LogP contribution in [0.4, 0.5) is 0 Å². The van der Waals surface area contributed by atoms with Crippen LogP contribution in [0.5, 0.6) is 0 Å². The minimum Gasteiger partial charge on any atom is -0.323 e. The lowest BCUT2D eigenvalue weighted by Gasteiger charge is -2.15. The van der Waals surface area contributed by atoms with E-state index in [1.807, 2.05) is 18.2 Å². The van der Waals surface area contributed by atoms with E-state index in [2.05, 4.69) is 23.6 Å². The Labute approximate surface area is 195 Å². The number of halogens is 2. The Morgan fingerprint density at radius 3 is 2.19 bits per heavy atom. The summed E-state index contributed by atoms with van der Waals surface area (Å²) in [5.41, 5.74) is 4.81. The van der Waals surface area contributed by atoms with Gasteiger partial charge < -0.3 is 4.57 Å². The van der Waals surface area contributed by atoms with Crippen molar-refractivity contribution in [1.82, 2.24) is 14.5 Å². The molecule has 0 spiro atoms. The molecule has 0 aliphatic carbocycles. The first kappa shape index (κ1) is 20.7. The van der Waals surface area contributed by atoms with Gasteiger partial charge >= 0.3 is 0 Å². The van der Waals surface area contributed by atoms with Gasteiger partial charge in [-0.25, -0.2) is 4.98 Å². The SMILES string of the molecule is Cc1ccccc1Cn1c(CCN2C(=O)c3ccccc3C2=O)nc2cc(Cl)c(Cl)cc21.